The van der Waals surface area contributed by atoms with E-state index in [0.29, 0.717) is 23.9 Å². The number of rotatable bonds is 5. The second-order valence-electron chi connectivity index (χ2n) is 6.67. The molecule has 0 saturated heterocycles. The monoisotopic (exact) mass is 380 g/mol. The van der Waals surface area contributed by atoms with Crippen molar-refractivity contribution in [3.8, 4) is 0 Å². The molecule has 0 saturated carbocycles. The zero-order valence-corrected chi connectivity index (χ0v) is 15.7. The number of nitrogens with one attached hydrogen (secondary N) is 1. The number of hydrogen-bond donors (Lipinski definition) is 1. The van der Waals surface area contributed by atoms with Crippen LogP contribution < -0.4 is 10.2 Å². The van der Waals surface area contributed by atoms with E-state index in [-0.39, 0.29) is 5.91 Å². The van der Waals surface area contributed by atoms with Gasteiger partial charge in [0, 0.05) is 23.3 Å². The molecule has 0 atom stereocenters. The molecule has 1 aromatic heterocycles. The number of anilines is 2. The van der Waals surface area contributed by atoms with Gasteiger partial charge in [-0.3, -0.25) is 4.79 Å². The number of carbonyl (C=O) groups is 1. The lowest BCUT2D eigenvalue weighted by atomic mass is 10.0. The van der Waals surface area contributed by atoms with Crippen molar-refractivity contribution in [2.45, 2.75) is 19.4 Å². The lowest BCUT2D eigenvalue weighted by Gasteiger charge is -2.30. The number of aryl methyl sites for hydroxylation is 1. The highest BCUT2D eigenvalue weighted by Gasteiger charge is 2.19. The van der Waals surface area contributed by atoms with Gasteiger partial charge in [0.05, 0.1) is 19.3 Å². The van der Waals surface area contributed by atoms with Crippen LogP contribution in [0.15, 0.2) is 60.8 Å². The van der Waals surface area contributed by atoms with Gasteiger partial charge in [-0.1, -0.05) is 48.0 Å². The van der Waals surface area contributed by atoms with Crippen LogP contribution in [-0.2, 0) is 17.8 Å². The van der Waals surface area contributed by atoms with E-state index >= 15 is 0 Å². The molecule has 2 aromatic carbocycles. The van der Waals surface area contributed by atoms with Crippen LogP contribution in [0.3, 0.4) is 0 Å². The Kier molecular flexibility index (Phi) is 5.12. The first-order valence-corrected chi connectivity index (χ1v) is 9.46. The molecule has 0 spiro atoms. The zero-order valence-electron chi connectivity index (χ0n) is 14.9. The highest BCUT2D eigenvalue weighted by Crippen LogP contribution is 2.26. The largest absolute Gasteiger partial charge is 0.362 e. The third kappa shape index (κ3) is 3.98. The third-order valence-electron chi connectivity index (χ3n) is 4.80. The topological polar surface area (TPSA) is 50.2 Å². The first-order valence-electron chi connectivity index (χ1n) is 9.08. The zero-order chi connectivity index (χ0) is 18.6. The van der Waals surface area contributed by atoms with E-state index < -0.39 is 0 Å². The first-order chi connectivity index (χ1) is 13.2. The number of para-hydroxylation sites is 1. The number of hydrogen-bond acceptors (Lipinski definition) is 3. The highest BCUT2D eigenvalue weighted by molar-refractivity contribution is 6.31. The average Bonchev–Trinajstić information content (AvgIpc) is 3.10. The summed E-state index contributed by atoms with van der Waals surface area (Å²) in [5.74, 6) is 0.623. The first kappa shape index (κ1) is 17.6. The van der Waals surface area contributed by atoms with Gasteiger partial charge in [-0.15, -0.1) is 0 Å². The van der Waals surface area contributed by atoms with E-state index in [1.54, 1.807) is 16.9 Å². The standard InChI is InChI=1S/C21H21ClN4O/c22-18-9-3-1-7-17(18)14-26-20(11-12-23-26)24-21(27)15-25-13-5-8-16-6-2-4-10-19(16)25/h1-4,6-7,9-12H,5,8,13-15H2,(H,24,27). The molecule has 27 heavy (non-hydrogen) atoms. The van der Waals surface area contributed by atoms with Gasteiger partial charge in [-0.25, -0.2) is 4.68 Å². The maximum absolute atomic E-state index is 12.6. The lowest BCUT2D eigenvalue weighted by Crippen LogP contribution is -2.37. The summed E-state index contributed by atoms with van der Waals surface area (Å²) in [6.45, 7) is 1.73. The Morgan fingerprint density at radius 1 is 1.11 bits per heavy atom. The van der Waals surface area contributed by atoms with Crippen molar-refractivity contribution < 1.29 is 4.79 Å². The minimum Gasteiger partial charge on any atom is -0.362 e. The summed E-state index contributed by atoms with van der Waals surface area (Å²) in [6.07, 6.45) is 3.82. The summed E-state index contributed by atoms with van der Waals surface area (Å²) in [5.41, 5.74) is 3.42. The Labute approximate surface area is 163 Å². The minimum absolute atomic E-state index is 0.0485. The van der Waals surface area contributed by atoms with Crippen LogP contribution in [-0.4, -0.2) is 28.8 Å². The molecule has 0 fully saturated rings. The Balaban J connectivity index is 1.44. The molecule has 138 valence electrons. The molecule has 0 unspecified atom stereocenters. The molecule has 3 aromatic rings. The fourth-order valence-electron chi connectivity index (χ4n) is 3.48. The molecular formula is C21H21ClN4O. The van der Waals surface area contributed by atoms with Crippen molar-refractivity contribution >= 4 is 29.0 Å². The van der Waals surface area contributed by atoms with E-state index in [9.17, 15) is 4.79 Å². The number of amides is 1. The van der Waals surface area contributed by atoms with Crippen molar-refractivity contribution in [3.05, 3.63) is 76.9 Å². The Bertz CT molecular complexity index is 953. The van der Waals surface area contributed by atoms with E-state index in [4.69, 9.17) is 11.6 Å². The number of carbonyl (C=O) groups excluding carboxylic acids is 1. The molecule has 4 rings (SSSR count). The minimum atomic E-state index is -0.0485. The van der Waals surface area contributed by atoms with Crippen molar-refractivity contribution in [1.82, 2.24) is 9.78 Å². The maximum Gasteiger partial charge on any atom is 0.245 e. The molecule has 1 aliphatic rings. The van der Waals surface area contributed by atoms with Gasteiger partial charge in [0.25, 0.3) is 0 Å². The summed E-state index contributed by atoms with van der Waals surface area (Å²) in [7, 11) is 0. The van der Waals surface area contributed by atoms with Gasteiger partial charge in [0.15, 0.2) is 0 Å². The molecular weight excluding hydrogens is 360 g/mol. The van der Waals surface area contributed by atoms with Crippen LogP contribution in [0.4, 0.5) is 11.5 Å². The van der Waals surface area contributed by atoms with Gasteiger partial charge in [-0.2, -0.15) is 5.10 Å². The smallest absolute Gasteiger partial charge is 0.245 e. The van der Waals surface area contributed by atoms with Crippen LogP contribution in [0.1, 0.15) is 17.5 Å². The number of halogens is 1. The number of aromatic nitrogens is 2. The van der Waals surface area contributed by atoms with Gasteiger partial charge in [0.1, 0.15) is 5.82 Å². The molecule has 1 amide bonds. The molecule has 0 radical (unpaired) electrons. The van der Waals surface area contributed by atoms with Gasteiger partial charge in [0.2, 0.25) is 5.91 Å². The molecule has 1 aliphatic heterocycles. The number of nitrogens with zero attached hydrogens (tertiary/aromatic N) is 3. The van der Waals surface area contributed by atoms with Gasteiger partial charge in [-0.05, 0) is 36.1 Å². The van der Waals surface area contributed by atoms with Crippen LogP contribution in [0, 0.1) is 0 Å². The summed E-state index contributed by atoms with van der Waals surface area (Å²) in [6, 6.07) is 17.8. The summed E-state index contributed by atoms with van der Waals surface area (Å²) in [4.78, 5) is 14.8. The number of fused-ring (bicyclic) bond motifs is 1. The average molecular weight is 381 g/mol. The normalized spacial score (nSPS) is 13.3. The number of benzene rings is 2. The van der Waals surface area contributed by atoms with E-state index in [2.05, 4.69) is 33.5 Å². The maximum atomic E-state index is 12.6. The predicted octanol–water partition coefficient (Wildman–Crippen LogP) is 3.98. The van der Waals surface area contributed by atoms with Gasteiger partial charge < -0.3 is 10.2 Å². The molecule has 5 nitrogen and oxygen atoms in total. The molecule has 2 heterocycles. The summed E-state index contributed by atoms with van der Waals surface area (Å²) >= 11 is 6.24. The molecule has 0 aliphatic carbocycles. The fourth-order valence-corrected chi connectivity index (χ4v) is 3.68. The summed E-state index contributed by atoms with van der Waals surface area (Å²) < 4.78 is 1.75. The highest BCUT2D eigenvalue weighted by atomic mass is 35.5. The quantitative estimate of drug-likeness (QED) is 0.728. The van der Waals surface area contributed by atoms with Crippen LogP contribution >= 0.6 is 11.6 Å². The van der Waals surface area contributed by atoms with Crippen LogP contribution in [0.2, 0.25) is 5.02 Å². The van der Waals surface area contributed by atoms with Crippen LogP contribution in [0.5, 0.6) is 0 Å². The van der Waals surface area contributed by atoms with Crippen molar-refractivity contribution in [2.75, 3.05) is 23.3 Å². The lowest BCUT2D eigenvalue weighted by molar-refractivity contribution is -0.115. The Morgan fingerprint density at radius 3 is 2.81 bits per heavy atom. The molecule has 0 bridgehead atoms. The molecule has 6 heteroatoms. The Hall–Kier alpha value is -2.79. The van der Waals surface area contributed by atoms with E-state index in [1.165, 1.54) is 5.56 Å². The molecule has 1 N–H and O–H groups in total. The summed E-state index contributed by atoms with van der Waals surface area (Å²) in [5, 5.41) is 7.99. The second kappa shape index (κ2) is 7.84. The Morgan fingerprint density at radius 2 is 1.93 bits per heavy atom. The van der Waals surface area contributed by atoms with E-state index in [0.717, 1.165) is 30.6 Å². The van der Waals surface area contributed by atoms with E-state index in [1.807, 2.05) is 30.3 Å². The fraction of sp³-hybridized carbons (Fsp3) is 0.238. The third-order valence-corrected chi connectivity index (χ3v) is 5.17. The SMILES string of the molecule is O=C(CN1CCCc2ccccc21)Nc1ccnn1Cc1ccccc1Cl. The van der Waals surface area contributed by atoms with Crippen molar-refractivity contribution in [2.24, 2.45) is 0 Å². The second-order valence-corrected chi connectivity index (χ2v) is 7.07. The van der Waals surface area contributed by atoms with Crippen LogP contribution in [0.25, 0.3) is 0 Å². The van der Waals surface area contributed by atoms with Gasteiger partial charge >= 0.3 is 0 Å². The van der Waals surface area contributed by atoms with Crippen molar-refractivity contribution in [3.63, 3.8) is 0 Å². The predicted molar refractivity (Wildman–Crippen MR) is 108 cm³/mol. The van der Waals surface area contributed by atoms with Crippen molar-refractivity contribution in [1.29, 1.82) is 0 Å².